The van der Waals surface area contributed by atoms with Gasteiger partial charge in [-0.3, -0.25) is 14.4 Å². The lowest BCUT2D eigenvalue weighted by Gasteiger charge is -2.58. The van der Waals surface area contributed by atoms with Gasteiger partial charge in [0.15, 0.2) is 0 Å². The fourth-order valence-corrected chi connectivity index (χ4v) is 6.16. The van der Waals surface area contributed by atoms with Crippen LogP contribution < -0.4 is 4.74 Å². The normalized spacial score (nSPS) is 30.8. The van der Waals surface area contributed by atoms with Crippen LogP contribution in [0.3, 0.4) is 0 Å². The van der Waals surface area contributed by atoms with Crippen molar-refractivity contribution in [2.75, 3.05) is 6.61 Å². The molecule has 0 radical (unpaired) electrons. The summed E-state index contributed by atoms with van der Waals surface area (Å²) in [6, 6.07) is 3.77. The molecule has 0 spiro atoms. The number of hydrogen-bond acceptors (Lipinski definition) is 7. The molecule has 1 saturated carbocycles. The van der Waals surface area contributed by atoms with Gasteiger partial charge in [0, 0.05) is 37.5 Å². The fraction of sp³-hybridized carbons (Fsp3) is 0.654. The Morgan fingerprint density at radius 3 is 2.27 bits per heavy atom. The number of aliphatic hydroxyl groups excluding tert-OH is 1. The molecule has 33 heavy (non-hydrogen) atoms. The molecule has 0 aliphatic heterocycles. The van der Waals surface area contributed by atoms with Gasteiger partial charge in [0.25, 0.3) is 0 Å². The molecule has 1 aromatic carbocycles. The third-order valence-electron chi connectivity index (χ3n) is 7.42. The third kappa shape index (κ3) is 4.65. The van der Waals surface area contributed by atoms with Gasteiger partial charge in [-0.25, -0.2) is 0 Å². The van der Waals surface area contributed by atoms with Crippen molar-refractivity contribution in [3.8, 4) is 5.75 Å². The summed E-state index contributed by atoms with van der Waals surface area (Å²) in [5, 5.41) is 11.5. The Kier molecular flexibility index (Phi) is 6.94. The second-order valence-electron chi connectivity index (χ2n) is 10.4. The molecular weight excluding hydrogens is 424 g/mol. The molecule has 3 rings (SSSR count). The van der Waals surface area contributed by atoms with Crippen molar-refractivity contribution in [2.24, 2.45) is 11.3 Å². The Labute approximate surface area is 195 Å². The van der Waals surface area contributed by atoms with Crippen molar-refractivity contribution in [2.45, 2.75) is 91.3 Å². The maximum atomic E-state index is 12.1. The summed E-state index contributed by atoms with van der Waals surface area (Å²) in [6.45, 7) is 12.4. The molecule has 1 unspecified atom stereocenters. The van der Waals surface area contributed by atoms with Crippen molar-refractivity contribution in [1.29, 1.82) is 0 Å². The molecule has 1 fully saturated rings. The number of benzene rings is 1. The van der Waals surface area contributed by atoms with Crippen LogP contribution in [-0.2, 0) is 29.3 Å². The van der Waals surface area contributed by atoms with Crippen LogP contribution in [0, 0.1) is 11.3 Å². The predicted octanol–water partition coefficient (Wildman–Crippen LogP) is 4.34. The first-order chi connectivity index (χ1) is 15.3. The highest BCUT2D eigenvalue weighted by molar-refractivity contribution is 5.71. The number of carbonyl (C=O) groups is 3. The average molecular weight is 461 g/mol. The monoisotopic (exact) mass is 460 g/mol. The van der Waals surface area contributed by atoms with Gasteiger partial charge in [-0.1, -0.05) is 34.1 Å². The molecule has 0 saturated heterocycles. The van der Waals surface area contributed by atoms with E-state index in [1.165, 1.54) is 20.8 Å². The van der Waals surface area contributed by atoms with Crippen LogP contribution in [0.4, 0.5) is 0 Å². The lowest BCUT2D eigenvalue weighted by molar-refractivity contribution is -0.183. The average Bonchev–Trinajstić information content (AvgIpc) is 2.69. The minimum atomic E-state index is -1.05. The quantitative estimate of drug-likeness (QED) is 0.515. The highest BCUT2D eigenvalue weighted by Gasteiger charge is 2.60. The van der Waals surface area contributed by atoms with Crippen molar-refractivity contribution >= 4 is 17.9 Å². The lowest BCUT2D eigenvalue weighted by atomic mass is 9.48. The van der Waals surface area contributed by atoms with E-state index in [0.717, 1.165) is 30.4 Å². The van der Waals surface area contributed by atoms with Gasteiger partial charge in [0.2, 0.25) is 0 Å². The second kappa shape index (κ2) is 9.09. The Morgan fingerprint density at radius 2 is 1.73 bits per heavy atom. The van der Waals surface area contributed by atoms with Crippen LogP contribution in [0.15, 0.2) is 12.1 Å². The molecule has 0 bridgehead atoms. The zero-order valence-electron chi connectivity index (χ0n) is 20.7. The first kappa shape index (κ1) is 25.2. The minimum Gasteiger partial charge on any atom is -0.465 e. The van der Waals surface area contributed by atoms with E-state index in [-0.39, 0.29) is 24.4 Å². The highest BCUT2D eigenvalue weighted by atomic mass is 16.6. The first-order valence-electron chi connectivity index (χ1n) is 11.7. The van der Waals surface area contributed by atoms with E-state index >= 15 is 0 Å². The summed E-state index contributed by atoms with van der Waals surface area (Å²) in [4.78, 5) is 35.6. The zero-order valence-corrected chi connectivity index (χ0v) is 20.7. The minimum absolute atomic E-state index is 0.0511. The maximum Gasteiger partial charge on any atom is 0.308 e. The summed E-state index contributed by atoms with van der Waals surface area (Å²) in [6.07, 6.45) is 0.593. The zero-order chi connectivity index (χ0) is 24.7. The molecular formula is C26H36O7. The van der Waals surface area contributed by atoms with E-state index in [4.69, 9.17) is 14.2 Å². The highest BCUT2D eigenvalue weighted by Crippen LogP contribution is 2.61. The van der Waals surface area contributed by atoms with Crippen molar-refractivity contribution < 1.29 is 33.7 Å². The molecule has 1 aromatic rings. The summed E-state index contributed by atoms with van der Waals surface area (Å²) < 4.78 is 16.8. The van der Waals surface area contributed by atoms with Crippen LogP contribution in [-0.4, -0.2) is 35.7 Å². The summed E-state index contributed by atoms with van der Waals surface area (Å²) in [5.74, 6) is -1.01. The van der Waals surface area contributed by atoms with Crippen LogP contribution in [0.5, 0.6) is 5.75 Å². The fourth-order valence-electron chi connectivity index (χ4n) is 6.16. The van der Waals surface area contributed by atoms with Crippen molar-refractivity contribution in [1.82, 2.24) is 0 Å². The van der Waals surface area contributed by atoms with Crippen LogP contribution in [0.25, 0.3) is 0 Å². The molecule has 0 heterocycles. The molecule has 2 aliphatic rings. The smallest absolute Gasteiger partial charge is 0.308 e. The van der Waals surface area contributed by atoms with Crippen LogP contribution in [0.1, 0.15) is 96.4 Å². The molecule has 7 nitrogen and oxygen atoms in total. The van der Waals surface area contributed by atoms with E-state index in [9.17, 15) is 19.5 Å². The topological polar surface area (TPSA) is 99.1 Å². The Morgan fingerprint density at radius 1 is 1.06 bits per heavy atom. The van der Waals surface area contributed by atoms with Crippen molar-refractivity contribution in [3.05, 3.63) is 28.8 Å². The first-order valence-corrected chi connectivity index (χ1v) is 11.7. The molecule has 182 valence electrons. The number of aliphatic hydroxyl groups is 1. The number of fused-ring (bicyclic) bond motifs is 3. The summed E-state index contributed by atoms with van der Waals surface area (Å²) in [7, 11) is 0. The number of carbonyl (C=O) groups excluding carboxylic acids is 3. The van der Waals surface area contributed by atoms with E-state index in [1.54, 1.807) is 0 Å². The number of esters is 3. The van der Waals surface area contributed by atoms with Gasteiger partial charge in [0.05, 0.1) is 6.61 Å². The number of hydrogen-bond donors (Lipinski definition) is 1. The standard InChI is InChI=1S/C26H36O7/c1-14(2)18-11-19-20(12-21(18)32-16(4)28)26(7)10-8-9-25(6,13-31-15(3)27)24(26)23(22(19)30)33-17(5)29/h11-12,14,22-24,30H,8-10,13H2,1-7H3/t22-,23+,24?,25+,26-/m1/s1. The van der Waals surface area contributed by atoms with E-state index < -0.39 is 35.0 Å². The van der Waals surface area contributed by atoms with E-state index in [0.29, 0.717) is 11.3 Å². The van der Waals surface area contributed by atoms with Crippen LogP contribution in [0.2, 0.25) is 0 Å². The molecule has 0 amide bonds. The van der Waals surface area contributed by atoms with Gasteiger partial charge in [-0.2, -0.15) is 0 Å². The van der Waals surface area contributed by atoms with Crippen LogP contribution >= 0.6 is 0 Å². The summed E-state index contributed by atoms with van der Waals surface area (Å²) in [5.41, 5.74) is 1.38. The largest absolute Gasteiger partial charge is 0.465 e. The third-order valence-corrected chi connectivity index (χ3v) is 7.42. The molecule has 1 N–H and O–H groups in total. The molecule has 7 heteroatoms. The number of ether oxygens (including phenoxy) is 3. The van der Waals surface area contributed by atoms with Gasteiger partial charge < -0.3 is 19.3 Å². The van der Waals surface area contributed by atoms with Gasteiger partial charge >= 0.3 is 17.9 Å². The Hall–Kier alpha value is -2.41. The van der Waals surface area contributed by atoms with Gasteiger partial charge in [-0.05, 0) is 47.6 Å². The van der Waals surface area contributed by atoms with Gasteiger partial charge in [-0.15, -0.1) is 0 Å². The Bertz CT molecular complexity index is 952. The van der Waals surface area contributed by atoms with Crippen molar-refractivity contribution in [3.63, 3.8) is 0 Å². The predicted molar refractivity (Wildman–Crippen MR) is 122 cm³/mol. The summed E-state index contributed by atoms with van der Waals surface area (Å²) >= 11 is 0. The molecule has 2 aliphatic carbocycles. The SMILES string of the molecule is CC(=O)OC[C@]1(C)CCC[C@]2(C)c3cc(OC(C)=O)c(C(C)C)cc3[C@@H](O)[C@H](OC(C)=O)C12. The van der Waals surface area contributed by atoms with E-state index in [1.807, 2.05) is 32.9 Å². The maximum absolute atomic E-state index is 12.1. The van der Waals surface area contributed by atoms with E-state index in [2.05, 4.69) is 6.92 Å². The van der Waals surface area contributed by atoms with Gasteiger partial charge in [0.1, 0.15) is 18.0 Å². The Balaban J connectivity index is 2.25. The lowest BCUT2D eigenvalue weighted by Crippen LogP contribution is -2.59. The number of rotatable bonds is 5. The second-order valence-corrected chi connectivity index (χ2v) is 10.4. The molecule has 5 atom stereocenters. The molecule has 0 aromatic heterocycles.